The van der Waals surface area contributed by atoms with Crippen LogP contribution in [-0.4, -0.2) is 10.7 Å². The minimum Gasteiger partial charge on any atom is -0.289 e. The predicted molar refractivity (Wildman–Crippen MR) is 95.3 cm³/mol. The van der Waals surface area contributed by atoms with Crippen LogP contribution in [0.2, 0.25) is 0 Å². The molecule has 0 bridgehead atoms. The molecule has 0 saturated carbocycles. The largest absolute Gasteiger partial charge is 0.340 e. The lowest BCUT2D eigenvalue weighted by Gasteiger charge is -2.11. The number of carbonyl (C=O) groups is 1. The summed E-state index contributed by atoms with van der Waals surface area (Å²) in [5.74, 6) is -3.12. The first-order valence-corrected chi connectivity index (χ1v) is 8.72. The Balaban J connectivity index is 2.42. The van der Waals surface area contributed by atoms with Crippen LogP contribution in [0.15, 0.2) is 36.4 Å². The Kier molecular flexibility index (Phi) is 6.95. The maximum absolute atomic E-state index is 14.7. The molecule has 0 fully saturated rings. The first-order valence-electron chi connectivity index (χ1n) is 8.72. The van der Waals surface area contributed by atoms with Crippen molar-refractivity contribution in [2.45, 2.75) is 45.4 Å². The minimum atomic E-state index is -1.33. The molecule has 0 heterocycles. The van der Waals surface area contributed by atoms with Gasteiger partial charge >= 0.3 is 5.69 Å². The van der Waals surface area contributed by atoms with E-state index in [4.69, 9.17) is 0 Å². The van der Waals surface area contributed by atoms with Gasteiger partial charge in [-0.3, -0.25) is 14.9 Å². The molecule has 2 aromatic rings. The molecule has 2 aromatic carbocycles. The van der Waals surface area contributed by atoms with Gasteiger partial charge in [0, 0.05) is 16.7 Å². The van der Waals surface area contributed by atoms with Crippen molar-refractivity contribution in [1.29, 1.82) is 0 Å². The standard InChI is InChI=1S/C20H21F2NO3/c1-2-3-4-5-9-12-15-16(20(24)14-10-7-6-8-11-14)13-17(21)19(18(15)22)23(25)26/h6-8,10-11,13H,2-5,9,12H2,1H3. The van der Waals surface area contributed by atoms with Crippen molar-refractivity contribution in [3.05, 3.63) is 74.8 Å². The molecule has 0 amide bonds. The monoisotopic (exact) mass is 361 g/mol. The van der Waals surface area contributed by atoms with Gasteiger partial charge in [0.2, 0.25) is 11.6 Å². The summed E-state index contributed by atoms with van der Waals surface area (Å²) in [5.41, 5.74) is -1.14. The summed E-state index contributed by atoms with van der Waals surface area (Å²) < 4.78 is 28.7. The predicted octanol–water partition coefficient (Wildman–Crippen LogP) is 5.62. The van der Waals surface area contributed by atoms with Crippen LogP contribution in [0.5, 0.6) is 0 Å². The van der Waals surface area contributed by atoms with E-state index in [0.29, 0.717) is 6.42 Å². The van der Waals surface area contributed by atoms with Crippen molar-refractivity contribution in [2.75, 3.05) is 0 Å². The van der Waals surface area contributed by atoms with Gasteiger partial charge in [0.1, 0.15) is 0 Å². The van der Waals surface area contributed by atoms with Gasteiger partial charge in [0.15, 0.2) is 5.78 Å². The number of carbonyl (C=O) groups excluding carboxylic acids is 1. The molecule has 0 spiro atoms. The van der Waals surface area contributed by atoms with Crippen molar-refractivity contribution in [3.8, 4) is 0 Å². The van der Waals surface area contributed by atoms with E-state index in [0.717, 1.165) is 31.7 Å². The van der Waals surface area contributed by atoms with E-state index in [2.05, 4.69) is 6.92 Å². The molecule has 0 aliphatic heterocycles. The molecule has 0 N–H and O–H groups in total. The lowest BCUT2D eigenvalue weighted by Crippen LogP contribution is -2.11. The maximum Gasteiger partial charge on any atom is 0.340 e. The summed E-state index contributed by atoms with van der Waals surface area (Å²) >= 11 is 0. The van der Waals surface area contributed by atoms with Gasteiger partial charge in [0.05, 0.1) is 4.92 Å². The van der Waals surface area contributed by atoms with Crippen LogP contribution in [-0.2, 0) is 6.42 Å². The van der Waals surface area contributed by atoms with Gasteiger partial charge < -0.3 is 0 Å². The van der Waals surface area contributed by atoms with Gasteiger partial charge in [-0.2, -0.15) is 8.78 Å². The van der Waals surface area contributed by atoms with Crippen molar-refractivity contribution in [2.24, 2.45) is 0 Å². The molecule has 0 saturated heterocycles. The van der Waals surface area contributed by atoms with Gasteiger partial charge in [-0.1, -0.05) is 62.9 Å². The van der Waals surface area contributed by atoms with Crippen LogP contribution >= 0.6 is 0 Å². The number of nitro groups is 1. The minimum absolute atomic E-state index is 0.0801. The number of hydrogen-bond acceptors (Lipinski definition) is 3. The zero-order valence-electron chi connectivity index (χ0n) is 14.6. The summed E-state index contributed by atoms with van der Waals surface area (Å²) in [7, 11) is 0. The van der Waals surface area contributed by atoms with E-state index in [9.17, 15) is 23.7 Å². The zero-order valence-corrected chi connectivity index (χ0v) is 14.6. The van der Waals surface area contributed by atoms with Gasteiger partial charge in [0.25, 0.3) is 0 Å². The lowest BCUT2D eigenvalue weighted by atomic mass is 9.93. The molecule has 0 aromatic heterocycles. The third kappa shape index (κ3) is 4.50. The van der Waals surface area contributed by atoms with Crippen LogP contribution in [0.3, 0.4) is 0 Å². The topological polar surface area (TPSA) is 60.2 Å². The van der Waals surface area contributed by atoms with Crippen LogP contribution in [0, 0.1) is 21.7 Å². The second kappa shape index (κ2) is 9.17. The first kappa shape index (κ1) is 19.7. The number of nitro benzene ring substituents is 1. The van der Waals surface area contributed by atoms with Crippen molar-refractivity contribution < 1.29 is 18.5 Å². The second-order valence-corrected chi connectivity index (χ2v) is 6.16. The van der Waals surface area contributed by atoms with E-state index in [1.54, 1.807) is 30.3 Å². The molecule has 0 unspecified atom stereocenters. The number of hydrogen-bond donors (Lipinski definition) is 0. The third-order valence-electron chi connectivity index (χ3n) is 4.29. The summed E-state index contributed by atoms with van der Waals surface area (Å²) in [5, 5.41) is 11.0. The number of halogens is 2. The average molecular weight is 361 g/mol. The lowest BCUT2D eigenvalue weighted by molar-refractivity contribution is -0.390. The quantitative estimate of drug-likeness (QED) is 0.252. The van der Waals surface area contributed by atoms with E-state index < -0.39 is 28.0 Å². The van der Waals surface area contributed by atoms with Gasteiger partial charge in [-0.05, 0) is 18.9 Å². The molecular weight excluding hydrogens is 340 g/mol. The summed E-state index contributed by atoms with van der Waals surface area (Å²) in [6.07, 6.45) is 4.61. The van der Waals surface area contributed by atoms with Crippen LogP contribution in [0.1, 0.15) is 60.5 Å². The summed E-state index contributed by atoms with van der Waals surface area (Å²) in [6, 6.07) is 8.90. The Morgan fingerprint density at radius 1 is 1.08 bits per heavy atom. The van der Waals surface area contributed by atoms with Crippen molar-refractivity contribution >= 4 is 11.5 Å². The summed E-state index contributed by atoms with van der Waals surface area (Å²) in [6.45, 7) is 2.07. The smallest absolute Gasteiger partial charge is 0.289 e. The molecular formula is C20H21F2NO3. The second-order valence-electron chi connectivity index (χ2n) is 6.16. The summed E-state index contributed by atoms with van der Waals surface area (Å²) in [4.78, 5) is 22.6. The highest BCUT2D eigenvalue weighted by Crippen LogP contribution is 2.30. The van der Waals surface area contributed by atoms with Crippen molar-refractivity contribution in [1.82, 2.24) is 0 Å². The molecule has 0 aliphatic rings. The third-order valence-corrected chi connectivity index (χ3v) is 4.29. The number of unbranched alkanes of at least 4 members (excludes halogenated alkanes) is 4. The molecule has 0 radical (unpaired) electrons. The Morgan fingerprint density at radius 3 is 2.35 bits per heavy atom. The average Bonchev–Trinajstić information content (AvgIpc) is 2.62. The molecule has 6 heteroatoms. The fourth-order valence-electron chi connectivity index (χ4n) is 2.91. The fourth-order valence-corrected chi connectivity index (χ4v) is 2.91. The highest BCUT2D eigenvalue weighted by molar-refractivity contribution is 6.10. The number of ketones is 1. The molecule has 0 atom stereocenters. The fraction of sp³-hybridized carbons (Fsp3) is 0.350. The van der Waals surface area contributed by atoms with Gasteiger partial charge in [-0.25, -0.2) is 0 Å². The van der Waals surface area contributed by atoms with E-state index in [-0.39, 0.29) is 23.1 Å². The normalized spacial score (nSPS) is 10.7. The van der Waals surface area contributed by atoms with Crippen LogP contribution in [0.4, 0.5) is 14.5 Å². The maximum atomic E-state index is 14.7. The SMILES string of the molecule is CCCCCCCc1c(C(=O)c2ccccc2)cc(F)c([N+](=O)[O-])c1F. The first-order chi connectivity index (χ1) is 12.5. The molecule has 26 heavy (non-hydrogen) atoms. The Labute approximate surface area is 151 Å². The number of rotatable bonds is 9. The number of benzene rings is 2. The molecule has 2 rings (SSSR count). The molecule has 4 nitrogen and oxygen atoms in total. The Bertz CT molecular complexity index is 791. The Morgan fingerprint density at radius 2 is 1.73 bits per heavy atom. The molecule has 138 valence electrons. The Hall–Kier alpha value is -2.63. The van der Waals surface area contributed by atoms with Crippen molar-refractivity contribution in [3.63, 3.8) is 0 Å². The highest BCUT2D eigenvalue weighted by Gasteiger charge is 2.29. The zero-order chi connectivity index (χ0) is 19.1. The van der Waals surface area contributed by atoms with E-state index in [1.165, 1.54) is 0 Å². The van der Waals surface area contributed by atoms with Crippen LogP contribution < -0.4 is 0 Å². The number of nitrogens with zero attached hydrogens (tertiary/aromatic N) is 1. The van der Waals surface area contributed by atoms with E-state index >= 15 is 0 Å². The highest BCUT2D eigenvalue weighted by atomic mass is 19.1. The van der Waals surface area contributed by atoms with E-state index in [1.807, 2.05) is 0 Å². The van der Waals surface area contributed by atoms with Gasteiger partial charge in [-0.15, -0.1) is 0 Å². The van der Waals surface area contributed by atoms with Crippen LogP contribution in [0.25, 0.3) is 0 Å². The molecule has 0 aliphatic carbocycles.